The molecular weight excluding hydrogens is 372 g/mol. The van der Waals surface area contributed by atoms with Crippen molar-refractivity contribution >= 4 is 34.2 Å². The molecule has 4 nitrogen and oxygen atoms in total. The van der Waals surface area contributed by atoms with Gasteiger partial charge in [-0.3, -0.25) is 9.59 Å². The summed E-state index contributed by atoms with van der Waals surface area (Å²) < 4.78 is 0. The van der Waals surface area contributed by atoms with Gasteiger partial charge in [-0.15, -0.1) is 0 Å². The molecule has 5 heteroatoms. The molecule has 1 saturated heterocycles. The molecule has 4 rings (SSSR count). The van der Waals surface area contributed by atoms with Crippen LogP contribution in [0.25, 0.3) is 10.8 Å². The van der Waals surface area contributed by atoms with Crippen molar-refractivity contribution in [2.45, 2.75) is 6.42 Å². The summed E-state index contributed by atoms with van der Waals surface area (Å²) in [6, 6.07) is 20.7. The molecule has 0 saturated carbocycles. The molecule has 0 N–H and O–H groups in total. The Bertz CT molecular complexity index is 1010. The van der Waals surface area contributed by atoms with Crippen LogP contribution in [0.4, 0.5) is 0 Å². The second-order valence-electron chi connectivity index (χ2n) is 6.97. The highest BCUT2D eigenvalue weighted by Crippen LogP contribution is 2.21. The van der Waals surface area contributed by atoms with E-state index in [9.17, 15) is 9.59 Å². The molecule has 0 atom stereocenters. The zero-order chi connectivity index (χ0) is 19.5. The van der Waals surface area contributed by atoms with Crippen molar-refractivity contribution in [3.05, 3.63) is 82.9 Å². The lowest BCUT2D eigenvalue weighted by Crippen LogP contribution is -2.37. The number of nitrogens with zero attached hydrogens (tertiary/aromatic N) is 2. The molecule has 0 unspecified atom stereocenters. The highest BCUT2D eigenvalue weighted by Gasteiger charge is 2.24. The lowest BCUT2D eigenvalue weighted by atomic mass is 10.0. The van der Waals surface area contributed by atoms with Gasteiger partial charge in [0, 0.05) is 42.3 Å². The molecule has 28 heavy (non-hydrogen) atoms. The molecule has 1 aliphatic heterocycles. The van der Waals surface area contributed by atoms with Gasteiger partial charge in [-0.1, -0.05) is 48.0 Å². The van der Waals surface area contributed by atoms with Gasteiger partial charge in [0.2, 0.25) is 0 Å². The molecule has 142 valence electrons. The normalized spacial score (nSPS) is 14.8. The van der Waals surface area contributed by atoms with Crippen LogP contribution in [0, 0.1) is 0 Å². The Hall–Kier alpha value is -2.85. The molecule has 1 fully saturated rings. The van der Waals surface area contributed by atoms with Crippen molar-refractivity contribution < 1.29 is 9.59 Å². The largest absolute Gasteiger partial charge is 0.337 e. The Morgan fingerprint density at radius 2 is 1.36 bits per heavy atom. The molecule has 1 heterocycles. The number of rotatable bonds is 2. The number of carbonyl (C=O) groups excluding carboxylic acids is 2. The number of hydrogen-bond donors (Lipinski definition) is 0. The van der Waals surface area contributed by atoms with Crippen molar-refractivity contribution in [1.29, 1.82) is 0 Å². The minimum absolute atomic E-state index is 0.0175. The van der Waals surface area contributed by atoms with E-state index in [1.54, 1.807) is 24.3 Å². The van der Waals surface area contributed by atoms with E-state index in [2.05, 4.69) is 0 Å². The maximum atomic E-state index is 13.2. The predicted molar refractivity (Wildman–Crippen MR) is 112 cm³/mol. The topological polar surface area (TPSA) is 40.6 Å². The molecule has 1 aliphatic rings. The first-order valence-corrected chi connectivity index (χ1v) is 9.83. The number of amides is 2. The molecule has 0 spiro atoms. The maximum absolute atomic E-state index is 13.2. The quantitative estimate of drug-likeness (QED) is 0.645. The van der Waals surface area contributed by atoms with E-state index in [4.69, 9.17) is 11.6 Å². The second kappa shape index (κ2) is 8.03. The van der Waals surface area contributed by atoms with Gasteiger partial charge in [0.1, 0.15) is 0 Å². The Balaban J connectivity index is 1.50. The first kappa shape index (κ1) is 18.5. The zero-order valence-corrected chi connectivity index (χ0v) is 16.2. The summed E-state index contributed by atoms with van der Waals surface area (Å²) in [5.74, 6) is 0.00807. The van der Waals surface area contributed by atoms with Crippen molar-refractivity contribution in [1.82, 2.24) is 9.80 Å². The highest BCUT2D eigenvalue weighted by atomic mass is 35.5. The number of hydrogen-bond acceptors (Lipinski definition) is 2. The number of carbonyl (C=O) groups is 2. The van der Waals surface area contributed by atoms with Gasteiger partial charge in [0.05, 0.1) is 0 Å². The van der Waals surface area contributed by atoms with E-state index in [0.717, 1.165) is 22.8 Å². The van der Waals surface area contributed by atoms with Gasteiger partial charge in [0.25, 0.3) is 11.8 Å². The molecule has 0 radical (unpaired) electrons. The van der Waals surface area contributed by atoms with E-state index in [-0.39, 0.29) is 11.8 Å². The Morgan fingerprint density at radius 1 is 0.714 bits per heavy atom. The average Bonchev–Trinajstić information content (AvgIpc) is 2.99. The fourth-order valence-electron chi connectivity index (χ4n) is 3.68. The average molecular weight is 393 g/mol. The lowest BCUT2D eigenvalue weighted by Gasteiger charge is -2.23. The Morgan fingerprint density at radius 3 is 2.11 bits per heavy atom. The summed E-state index contributed by atoms with van der Waals surface area (Å²) >= 11 is 5.91. The van der Waals surface area contributed by atoms with E-state index in [1.807, 2.05) is 52.3 Å². The molecule has 3 aromatic rings. The van der Waals surface area contributed by atoms with Gasteiger partial charge >= 0.3 is 0 Å². The van der Waals surface area contributed by atoms with Crippen LogP contribution in [0.5, 0.6) is 0 Å². The fraction of sp³-hybridized carbons (Fsp3) is 0.217. The van der Waals surface area contributed by atoms with Crippen LogP contribution in [-0.4, -0.2) is 47.8 Å². The van der Waals surface area contributed by atoms with Crippen molar-refractivity contribution in [3.8, 4) is 0 Å². The van der Waals surface area contributed by atoms with E-state index < -0.39 is 0 Å². The molecule has 0 bridgehead atoms. The number of halogens is 1. The summed E-state index contributed by atoms with van der Waals surface area (Å²) in [6.07, 6.45) is 0.760. The van der Waals surface area contributed by atoms with Gasteiger partial charge in [-0.2, -0.15) is 0 Å². The highest BCUT2D eigenvalue weighted by molar-refractivity contribution is 6.30. The number of fused-ring (bicyclic) bond motifs is 1. The smallest absolute Gasteiger partial charge is 0.254 e. The van der Waals surface area contributed by atoms with E-state index in [1.165, 1.54) is 0 Å². The third-order valence-electron chi connectivity index (χ3n) is 5.18. The van der Waals surface area contributed by atoms with Crippen molar-refractivity contribution in [2.75, 3.05) is 26.2 Å². The zero-order valence-electron chi connectivity index (χ0n) is 15.5. The first-order valence-electron chi connectivity index (χ1n) is 9.45. The van der Waals surface area contributed by atoms with Gasteiger partial charge in [-0.25, -0.2) is 0 Å². The number of benzene rings is 3. The van der Waals surface area contributed by atoms with E-state index >= 15 is 0 Å². The fourth-order valence-corrected chi connectivity index (χ4v) is 3.81. The van der Waals surface area contributed by atoms with Crippen molar-refractivity contribution in [2.24, 2.45) is 0 Å². The summed E-state index contributed by atoms with van der Waals surface area (Å²) in [4.78, 5) is 29.6. The summed E-state index contributed by atoms with van der Waals surface area (Å²) in [6.45, 7) is 2.34. The van der Waals surface area contributed by atoms with Crippen LogP contribution < -0.4 is 0 Å². The van der Waals surface area contributed by atoms with E-state index in [0.29, 0.717) is 36.8 Å². The lowest BCUT2D eigenvalue weighted by molar-refractivity contribution is 0.0719. The van der Waals surface area contributed by atoms with Gasteiger partial charge < -0.3 is 9.80 Å². The van der Waals surface area contributed by atoms with Crippen molar-refractivity contribution in [3.63, 3.8) is 0 Å². The second-order valence-corrected chi connectivity index (χ2v) is 7.41. The van der Waals surface area contributed by atoms with Crippen LogP contribution in [0.3, 0.4) is 0 Å². The third-order valence-corrected chi connectivity index (χ3v) is 5.43. The van der Waals surface area contributed by atoms with Gasteiger partial charge in [-0.05, 0) is 47.5 Å². The van der Waals surface area contributed by atoms with Crippen LogP contribution >= 0.6 is 11.6 Å². The Kier molecular flexibility index (Phi) is 5.31. The summed E-state index contributed by atoms with van der Waals surface area (Å²) in [7, 11) is 0. The molecular formula is C23H21ClN2O2. The van der Waals surface area contributed by atoms with Crippen LogP contribution in [-0.2, 0) is 0 Å². The molecule has 0 aliphatic carbocycles. The van der Waals surface area contributed by atoms with Gasteiger partial charge in [0.15, 0.2) is 0 Å². The minimum atomic E-state index is -0.0175. The monoisotopic (exact) mass is 392 g/mol. The molecule has 2 amide bonds. The van der Waals surface area contributed by atoms with Crippen LogP contribution in [0.1, 0.15) is 27.1 Å². The minimum Gasteiger partial charge on any atom is -0.337 e. The molecule has 0 aromatic heterocycles. The standard InChI is InChI=1S/C23H21ClN2O2/c24-19-11-9-18(10-12-19)22(27)25-13-4-14-26(16-15-25)23(28)21-8-3-6-17-5-1-2-7-20(17)21/h1-3,5-12H,4,13-16H2. The summed E-state index contributed by atoms with van der Waals surface area (Å²) in [5, 5.41) is 2.63. The van der Waals surface area contributed by atoms with Crippen LogP contribution in [0.15, 0.2) is 66.7 Å². The SMILES string of the molecule is O=C(c1ccc(Cl)cc1)N1CCCN(C(=O)c2cccc3ccccc23)CC1. The maximum Gasteiger partial charge on any atom is 0.254 e. The Labute approximate surface area is 169 Å². The summed E-state index contributed by atoms with van der Waals surface area (Å²) in [5.41, 5.74) is 1.34. The first-order chi connectivity index (χ1) is 13.6. The predicted octanol–water partition coefficient (Wildman–Crippen LogP) is 4.48. The van der Waals surface area contributed by atoms with Crippen LogP contribution in [0.2, 0.25) is 5.02 Å². The molecule has 3 aromatic carbocycles. The third kappa shape index (κ3) is 3.73.